The van der Waals surface area contributed by atoms with Crippen LogP contribution in [0.4, 0.5) is 17.6 Å². The Bertz CT molecular complexity index is 630. The maximum Gasteiger partial charge on any atom is 0.161 e. The second kappa shape index (κ2) is 5.19. The minimum atomic E-state index is -1.76. The molecule has 0 radical (unpaired) electrons. The zero-order chi connectivity index (χ0) is 14.2. The highest BCUT2D eigenvalue weighted by molar-refractivity contribution is 6.30. The van der Waals surface area contributed by atoms with Gasteiger partial charge in [-0.25, -0.2) is 17.6 Å². The molecule has 0 aliphatic heterocycles. The SMILES string of the molecule is OC(c1ccc(Cl)cc1F)c1cc(F)c(F)cc1F. The Morgan fingerprint density at radius 1 is 0.789 bits per heavy atom. The van der Waals surface area contributed by atoms with E-state index in [-0.39, 0.29) is 10.6 Å². The molecule has 2 rings (SSSR count). The lowest BCUT2D eigenvalue weighted by molar-refractivity contribution is 0.208. The highest BCUT2D eigenvalue weighted by Crippen LogP contribution is 2.29. The molecule has 19 heavy (non-hydrogen) atoms. The summed E-state index contributed by atoms with van der Waals surface area (Å²) in [6.45, 7) is 0. The normalized spacial score (nSPS) is 12.5. The molecule has 0 spiro atoms. The third-order valence-corrected chi connectivity index (χ3v) is 2.83. The maximum atomic E-state index is 13.6. The third kappa shape index (κ3) is 2.72. The molecule has 0 saturated carbocycles. The van der Waals surface area contributed by atoms with E-state index in [0.29, 0.717) is 12.1 Å². The van der Waals surface area contributed by atoms with Crippen molar-refractivity contribution in [1.29, 1.82) is 0 Å². The van der Waals surface area contributed by atoms with Crippen LogP contribution in [0.5, 0.6) is 0 Å². The largest absolute Gasteiger partial charge is 0.383 e. The number of halogens is 5. The molecule has 1 nitrogen and oxygen atoms in total. The molecule has 0 heterocycles. The summed E-state index contributed by atoms with van der Waals surface area (Å²) in [5.41, 5.74) is -0.838. The van der Waals surface area contributed by atoms with Crippen molar-refractivity contribution in [2.75, 3.05) is 0 Å². The van der Waals surface area contributed by atoms with Crippen LogP contribution < -0.4 is 0 Å². The van der Waals surface area contributed by atoms with Gasteiger partial charge in [-0.3, -0.25) is 0 Å². The molecule has 6 heteroatoms. The molecular formula is C13H7ClF4O. The van der Waals surface area contributed by atoms with Crippen LogP contribution in [-0.4, -0.2) is 5.11 Å². The molecule has 1 N–H and O–H groups in total. The molecule has 0 aliphatic carbocycles. The summed E-state index contributed by atoms with van der Waals surface area (Å²) < 4.78 is 52.8. The van der Waals surface area contributed by atoms with E-state index in [2.05, 4.69) is 0 Å². The van der Waals surface area contributed by atoms with E-state index in [1.54, 1.807) is 0 Å². The van der Waals surface area contributed by atoms with Crippen LogP contribution >= 0.6 is 11.6 Å². The molecule has 1 unspecified atom stereocenters. The highest BCUT2D eigenvalue weighted by atomic mass is 35.5. The summed E-state index contributed by atoms with van der Waals surface area (Å²) in [6, 6.07) is 4.15. The summed E-state index contributed by atoms with van der Waals surface area (Å²) >= 11 is 5.54. The predicted octanol–water partition coefficient (Wildman–Crippen LogP) is 3.98. The molecule has 0 fully saturated rings. The first-order valence-electron chi connectivity index (χ1n) is 5.17. The van der Waals surface area contributed by atoms with Crippen molar-refractivity contribution in [1.82, 2.24) is 0 Å². The number of hydrogen-bond acceptors (Lipinski definition) is 1. The van der Waals surface area contributed by atoms with Gasteiger partial charge in [0.15, 0.2) is 11.6 Å². The Morgan fingerprint density at radius 2 is 1.37 bits per heavy atom. The molecule has 0 aliphatic rings. The summed E-state index contributed by atoms with van der Waals surface area (Å²) in [5, 5.41) is 9.94. The minimum Gasteiger partial charge on any atom is -0.383 e. The second-order valence-corrected chi connectivity index (χ2v) is 4.29. The first kappa shape index (κ1) is 13.8. The Labute approximate surface area is 111 Å². The van der Waals surface area contributed by atoms with Gasteiger partial charge in [0, 0.05) is 22.2 Å². The van der Waals surface area contributed by atoms with Crippen LogP contribution in [0.25, 0.3) is 0 Å². The van der Waals surface area contributed by atoms with E-state index >= 15 is 0 Å². The van der Waals surface area contributed by atoms with E-state index in [9.17, 15) is 22.7 Å². The fourth-order valence-corrected chi connectivity index (χ4v) is 1.80. The van der Waals surface area contributed by atoms with Crippen molar-refractivity contribution >= 4 is 11.6 Å². The maximum absolute atomic E-state index is 13.6. The van der Waals surface area contributed by atoms with E-state index < -0.39 is 34.9 Å². The van der Waals surface area contributed by atoms with Gasteiger partial charge < -0.3 is 5.11 Å². The first-order valence-corrected chi connectivity index (χ1v) is 5.55. The summed E-state index contributed by atoms with van der Waals surface area (Å²) in [7, 11) is 0. The summed E-state index contributed by atoms with van der Waals surface area (Å²) in [6.07, 6.45) is -1.76. The van der Waals surface area contributed by atoms with Crippen LogP contribution in [0.2, 0.25) is 5.02 Å². The topological polar surface area (TPSA) is 20.2 Å². The van der Waals surface area contributed by atoms with E-state index in [1.165, 1.54) is 6.07 Å². The fraction of sp³-hybridized carbons (Fsp3) is 0.0769. The van der Waals surface area contributed by atoms with Gasteiger partial charge in [0.25, 0.3) is 0 Å². The number of aliphatic hydroxyl groups is 1. The molecule has 1 atom stereocenters. The standard InChI is InChI=1S/C13H7ClF4O/c14-6-1-2-7(9(15)3-6)13(19)8-4-11(17)12(18)5-10(8)16/h1-5,13,19H. The molecule has 0 amide bonds. The number of benzene rings is 2. The van der Waals surface area contributed by atoms with Gasteiger partial charge in [-0.15, -0.1) is 0 Å². The lowest BCUT2D eigenvalue weighted by atomic mass is 10.0. The van der Waals surface area contributed by atoms with Crippen molar-refractivity contribution in [2.24, 2.45) is 0 Å². The third-order valence-electron chi connectivity index (χ3n) is 2.59. The molecular weight excluding hydrogens is 284 g/mol. The molecule has 2 aromatic carbocycles. The van der Waals surface area contributed by atoms with Gasteiger partial charge in [0.2, 0.25) is 0 Å². The average molecular weight is 291 g/mol. The predicted molar refractivity (Wildman–Crippen MR) is 61.8 cm³/mol. The second-order valence-electron chi connectivity index (χ2n) is 3.86. The number of rotatable bonds is 2. The van der Waals surface area contributed by atoms with E-state index in [0.717, 1.165) is 12.1 Å². The van der Waals surface area contributed by atoms with Crippen molar-refractivity contribution in [3.05, 3.63) is 69.8 Å². The Balaban J connectivity index is 2.49. The van der Waals surface area contributed by atoms with Gasteiger partial charge >= 0.3 is 0 Å². The first-order chi connectivity index (χ1) is 8.90. The lowest BCUT2D eigenvalue weighted by Gasteiger charge is -2.13. The molecule has 0 bridgehead atoms. The van der Waals surface area contributed by atoms with Crippen LogP contribution in [0.3, 0.4) is 0 Å². The van der Waals surface area contributed by atoms with Gasteiger partial charge in [0.05, 0.1) is 0 Å². The smallest absolute Gasteiger partial charge is 0.161 e. The molecule has 0 saturated heterocycles. The van der Waals surface area contributed by atoms with E-state index in [4.69, 9.17) is 11.6 Å². The minimum absolute atomic E-state index is 0.0965. The van der Waals surface area contributed by atoms with Crippen molar-refractivity contribution in [3.63, 3.8) is 0 Å². The van der Waals surface area contributed by atoms with Crippen molar-refractivity contribution in [3.8, 4) is 0 Å². The van der Waals surface area contributed by atoms with Gasteiger partial charge in [0.1, 0.15) is 17.7 Å². The number of aliphatic hydroxyl groups excluding tert-OH is 1. The van der Waals surface area contributed by atoms with Gasteiger partial charge in [-0.05, 0) is 18.2 Å². The van der Waals surface area contributed by atoms with Gasteiger partial charge in [-0.1, -0.05) is 17.7 Å². The van der Waals surface area contributed by atoms with Gasteiger partial charge in [-0.2, -0.15) is 0 Å². The zero-order valence-corrected chi connectivity index (χ0v) is 10.1. The summed E-state index contributed by atoms with van der Waals surface area (Å²) in [5.74, 6) is -4.75. The molecule has 100 valence electrons. The van der Waals surface area contributed by atoms with E-state index in [1.807, 2.05) is 0 Å². The molecule has 2 aromatic rings. The quantitative estimate of drug-likeness (QED) is 0.655. The fourth-order valence-electron chi connectivity index (χ4n) is 1.64. The van der Waals surface area contributed by atoms with Crippen LogP contribution in [0, 0.1) is 23.3 Å². The zero-order valence-electron chi connectivity index (χ0n) is 9.30. The Morgan fingerprint density at radius 3 is 2.00 bits per heavy atom. The monoisotopic (exact) mass is 290 g/mol. The summed E-state index contributed by atoms with van der Waals surface area (Å²) in [4.78, 5) is 0. The average Bonchev–Trinajstić information content (AvgIpc) is 2.33. The van der Waals surface area contributed by atoms with Crippen LogP contribution in [-0.2, 0) is 0 Å². The Hall–Kier alpha value is -1.59. The van der Waals surface area contributed by atoms with Crippen LogP contribution in [0.15, 0.2) is 30.3 Å². The highest BCUT2D eigenvalue weighted by Gasteiger charge is 2.21. The van der Waals surface area contributed by atoms with Crippen molar-refractivity contribution in [2.45, 2.75) is 6.10 Å². The van der Waals surface area contributed by atoms with Crippen LogP contribution in [0.1, 0.15) is 17.2 Å². The number of hydrogen-bond donors (Lipinski definition) is 1. The Kier molecular flexibility index (Phi) is 3.78. The molecule has 0 aromatic heterocycles. The van der Waals surface area contributed by atoms with Crippen molar-refractivity contribution < 1.29 is 22.7 Å². The lowest BCUT2D eigenvalue weighted by Crippen LogP contribution is -2.06.